The molecule has 0 fully saturated rings. The number of unbranched alkanes of at least 4 members (excludes halogenated alkanes) is 28. The second kappa shape index (κ2) is 32.6. The highest BCUT2D eigenvalue weighted by Gasteiger charge is 2.26. The molecule has 70 heavy (non-hydrogen) atoms. The van der Waals surface area contributed by atoms with Crippen molar-refractivity contribution in [1.29, 1.82) is 0 Å². The van der Waals surface area contributed by atoms with Crippen molar-refractivity contribution in [1.82, 2.24) is 0 Å². The third-order valence-electron chi connectivity index (χ3n) is 13.9. The molecule has 0 aliphatic rings. The van der Waals surface area contributed by atoms with Crippen molar-refractivity contribution >= 4 is 120 Å². The topological polar surface area (TPSA) is 52.6 Å². The Hall–Kier alpha value is -2.60. The molecule has 0 spiro atoms. The Bertz CT molecular complexity index is 2310. The summed E-state index contributed by atoms with van der Waals surface area (Å²) >= 11 is 11.6. The number of thiophene rings is 6. The second-order valence-electron chi connectivity index (χ2n) is 19.5. The maximum atomic E-state index is 11.9. The lowest BCUT2D eigenvalue weighted by Gasteiger charge is -2.05. The fourth-order valence-corrected chi connectivity index (χ4v) is 18.1. The molecule has 0 atom stereocenters. The molecule has 0 saturated carbocycles. The first-order valence-electron chi connectivity index (χ1n) is 27.6. The Morgan fingerprint density at radius 2 is 0.657 bits per heavy atom. The average Bonchev–Trinajstić information content (AvgIpc) is 4.24. The van der Waals surface area contributed by atoms with E-state index in [0.29, 0.717) is 0 Å². The quantitative estimate of drug-likeness (QED) is 0.0220. The number of aryl methyl sites for hydroxylation is 2. The Morgan fingerprint density at radius 1 is 0.371 bits per heavy atom. The van der Waals surface area contributed by atoms with Gasteiger partial charge in [-0.15, -0.1) is 68.0 Å². The summed E-state index contributed by atoms with van der Waals surface area (Å²) in [7, 11) is 2.86. The van der Waals surface area contributed by atoms with Crippen LogP contribution < -0.4 is 0 Å². The first-order valence-corrected chi connectivity index (χ1v) is 32.5. The van der Waals surface area contributed by atoms with Gasteiger partial charge in [-0.05, 0) is 73.2 Å². The first-order chi connectivity index (χ1) is 34.4. The van der Waals surface area contributed by atoms with Crippen LogP contribution >= 0.6 is 68.0 Å². The van der Waals surface area contributed by atoms with E-state index in [2.05, 4.69) is 38.1 Å². The number of hydrogen-bond acceptors (Lipinski definition) is 10. The number of rotatable bonds is 38. The van der Waals surface area contributed by atoms with Crippen LogP contribution in [0.2, 0.25) is 0 Å². The normalized spacial score (nSPS) is 12.1. The van der Waals surface area contributed by atoms with Crippen molar-refractivity contribution in [2.75, 3.05) is 14.2 Å². The van der Waals surface area contributed by atoms with Gasteiger partial charge >= 0.3 is 11.9 Å². The molecule has 4 nitrogen and oxygen atoms in total. The van der Waals surface area contributed by atoms with Crippen LogP contribution in [-0.4, -0.2) is 26.2 Å². The van der Waals surface area contributed by atoms with Crippen molar-refractivity contribution in [3.63, 3.8) is 0 Å². The first kappa shape index (κ1) is 56.7. The third-order valence-corrected chi connectivity index (χ3v) is 22.0. The lowest BCUT2D eigenvalue weighted by Crippen LogP contribution is -1.92. The van der Waals surface area contributed by atoms with Crippen molar-refractivity contribution in [3.05, 3.63) is 57.3 Å². The predicted octanol–water partition coefficient (Wildman–Crippen LogP) is 22.0. The molecule has 0 aliphatic heterocycles. The maximum Gasteiger partial charge on any atom is 0.330 e. The van der Waals surface area contributed by atoms with Crippen LogP contribution in [0.1, 0.15) is 227 Å². The SMILES string of the molecule is CCCCCCCCCCCCCCCCCc1c(-c2ccc(/C=C/C(=O)OC)s2)sc2c1sc1c3sc(-c4ccc(/C=C/C(=O)OC)s4)c(CCCCCCCCCCCCCCCCC)c3sc21. The molecule has 6 aromatic rings. The molecule has 10 heteroatoms. The third kappa shape index (κ3) is 17.8. The number of carbonyl (C=O) groups excluding carboxylic acids is 2. The van der Waals surface area contributed by atoms with Gasteiger partial charge < -0.3 is 9.47 Å². The predicted molar refractivity (Wildman–Crippen MR) is 316 cm³/mol. The molecule has 0 saturated heterocycles. The number of ether oxygens (including phenoxy) is 2. The summed E-state index contributed by atoms with van der Waals surface area (Å²) in [5, 5.41) is 0. The van der Waals surface area contributed by atoms with E-state index in [1.54, 1.807) is 22.7 Å². The molecule has 6 aromatic heterocycles. The van der Waals surface area contributed by atoms with Crippen LogP contribution in [0.4, 0.5) is 0 Å². The van der Waals surface area contributed by atoms with Crippen LogP contribution in [0, 0.1) is 0 Å². The number of esters is 2. The fraction of sp³-hybridized carbons (Fsp3) is 0.600. The minimum Gasteiger partial charge on any atom is -0.466 e. The Morgan fingerprint density at radius 3 is 0.957 bits per heavy atom. The van der Waals surface area contributed by atoms with E-state index in [9.17, 15) is 9.59 Å². The van der Waals surface area contributed by atoms with Gasteiger partial charge in [-0.3, -0.25) is 0 Å². The van der Waals surface area contributed by atoms with Crippen molar-refractivity contribution < 1.29 is 19.1 Å². The summed E-state index contributed by atoms with van der Waals surface area (Å²) in [6, 6.07) is 8.81. The highest BCUT2D eigenvalue weighted by atomic mass is 32.1. The molecule has 0 amide bonds. The molecule has 0 N–H and O–H groups in total. The van der Waals surface area contributed by atoms with Gasteiger partial charge in [0.25, 0.3) is 0 Å². The highest BCUT2D eigenvalue weighted by molar-refractivity contribution is 7.46. The molecule has 0 bridgehead atoms. The number of carbonyl (C=O) groups is 2. The van der Waals surface area contributed by atoms with Crippen molar-refractivity contribution in [2.45, 2.75) is 219 Å². The monoisotopic (exact) mass is 1060 g/mol. The molecule has 0 aromatic carbocycles. The summed E-state index contributed by atoms with van der Waals surface area (Å²) in [6.45, 7) is 4.60. The van der Waals surface area contributed by atoms with Crippen LogP contribution in [0.15, 0.2) is 36.4 Å². The van der Waals surface area contributed by atoms with Gasteiger partial charge in [0.1, 0.15) is 0 Å². The Kier molecular flexibility index (Phi) is 26.4. The lowest BCUT2D eigenvalue weighted by molar-refractivity contribution is -0.135. The Labute approximate surface area is 446 Å². The molecule has 6 heterocycles. The zero-order valence-corrected chi connectivity index (χ0v) is 48.2. The smallest absolute Gasteiger partial charge is 0.330 e. The maximum absolute atomic E-state index is 11.9. The van der Waals surface area contributed by atoms with E-state index >= 15 is 0 Å². The van der Waals surface area contributed by atoms with Gasteiger partial charge in [0.15, 0.2) is 0 Å². The van der Waals surface area contributed by atoms with Gasteiger partial charge in [0, 0.05) is 41.4 Å². The van der Waals surface area contributed by atoms with E-state index in [1.165, 1.54) is 278 Å². The number of fused-ring (bicyclic) bond motifs is 5. The molecular formula is C60H84O4S6. The van der Waals surface area contributed by atoms with Gasteiger partial charge in [0.05, 0.1) is 42.4 Å². The zero-order chi connectivity index (χ0) is 49.2. The lowest BCUT2D eigenvalue weighted by atomic mass is 10.0. The summed E-state index contributed by atoms with van der Waals surface area (Å²) in [6.07, 6.45) is 50.3. The highest BCUT2D eigenvalue weighted by Crippen LogP contribution is 2.56. The van der Waals surface area contributed by atoms with E-state index in [1.807, 2.05) is 57.5 Å². The molecule has 0 radical (unpaired) electrons. The summed E-state index contributed by atoms with van der Waals surface area (Å²) in [5.74, 6) is -0.643. The van der Waals surface area contributed by atoms with Gasteiger partial charge in [0.2, 0.25) is 0 Å². The molecule has 0 unspecified atom stereocenters. The number of methoxy groups -OCH3 is 2. The minimum absolute atomic E-state index is 0.322. The average molecular weight is 1060 g/mol. The molecular weight excluding hydrogens is 977 g/mol. The summed E-state index contributed by atoms with van der Waals surface area (Å²) in [5.41, 5.74) is 3.05. The molecule has 0 aliphatic carbocycles. The van der Waals surface area contributed by atoms with Gasteiger partial charge in [-0.1, -0.05) is 194 Å². The summed E-state index contributed by atoms with van der Waals surface area (Å²) < 4.78 is 18.6. The largest absolute Gasteiger partial charge is 0.466 e. The molecule has 6 rings (SSSR count). The zero-order valence-electron chi connectivity index (χ0n) is 43.3. The van der Waals surface area contributed by atoms with E-state index < -0.39 is 0 Å². The van der Waals surface area contributed by atoms with Gasteiger partial charge in [-0.25, -0.2) is 9.59 Å². The van der Waals surface area contributed by atoms with Crippen molar-refractivity contribution in [3.8, 4) is 19.5 Å². The standard InChI is InChI=1S/C60H84O4S6/c1-5-7-9-11-13-15-17-19-21-23-25-27-29-31-33-35-47-53(49-41-37-45(65-49)39-43-51(61)63-3)67-57-55(47)69-60-58-56(70-59(57)60)48(54(68-58)50-42-38-46(66-50)40-44-52(62)64-4)36-34-32-30-28-26-24-22-20-18-16-14-12-10-8-6-2/h37-44H,5-36H2,1-4H3/b43-39+,44-40+. The second-order valence-corrected chi connectivity index (χ2v) is 25.8. The van der Waals surface area contributed by atoms with Gasteiger partial charge in [-0.2, -0.15) is 0 Å². The van der Waals surface area contributed by atoms with Crippen LogP contribution in [0.5, 0.6) is 0 Å². The van der Waals surface area contributed by atoms with E-state index in [4.69, 9.17) is 9.47 Å². The van der Waals surface area contributed by atoms with Crippen molar-refractivity contribution in [2.24, 2.45) is 0 Å². The Balaban J connectivity index is 1.14. The molecule has 384 valence electrons. The van der Waals surface area contributed by atoms with E-state index in [0.717, 1.165) is 22.6 Å². The summed E-state index contributed by atoms with van der Waals surface area (Å²) in [4.78, 5) is 31.5. The van der Waals surface area contributed by atoms with Crippen LogP contribution in [-0.2, 0) is 31.9 Å². The van der Waals surface area contributed by atoms with Crippen LogP contribution in [0.3, 0.4) is 0 Å². The fourth-order valence-electron chi connectivity index (χ4n) is 9.77. The van der Waals surface area contributed by atoms with E-state index in [-0.39, 0.29) is 11.9 Å². The number of hydrogen-bond donors (Lipinski definition) is 0. The minimum atomic E-state index is -0.322. The van der Waals surface area contributed by atoms with Crippen LogP contribution in [0.25, 0.3) is 59.9 Å².